The van der Waals surface area contributed by atoms with E-state index in [0.29, 0.717) is 5.92 Å². The van der Waals surface area contributed by atoms with Crippen LogP contribution in [0, 0.1) is 5.92 Å². The second kappa shape index (κ2) is 3.47. The van der Waals surface area contributed by atoms with E-state index in [0.717, 1.165) is 22.2 Å². The lowest BCUT2D eigenvalue weighted by molar-refractivity contribution is 0.0324. The first-order chi connectivity index (χ1) is 7.58. The lowest BCUT2D eigenvalue weighted by Crippen LogP contribution is -2.42. The standard InChI is InChI=1S/C13H16BrNO/c1-13(8-2-3-8)7-11(15)10-6-9(14)4-5-12(10)16-13/h4-6,8,11H,2-3,7,15H2,1H3/t11-,13?/m1/s1. The topological polar surface area (TPSA) is 35.2 Å². The van der Waals surface area contributed by atoms with Gasteiger partial charge in [0.1, 0.15) is 11.4 Å². The summed E-state index contributed by atoms with van der Waals surface area (Å²) in [4.78, 5) is 0. The maximum absolute atomic E-state index is 6.26. The molecule has 1 heterocycles. The van der Waals surface area contributed by atoms with Crippen molar-refractivity contribution in [2.45, 2.75) is 37.8 Å². The van der Waals surface area contributed by atoms with Gasteiger partial charge in [0.05, 0.1) is 0 Å². The largest absolute Gasteiger partial charge is 0.487 e. The molecule has 0 saturated heterocycles. The number of hydrogen-bond acceptors (Lipinski definition) is 2. The number of ether oxygens (including phenoxy) is 1. The molecule has 0 radical (unpaired) electrons. The summed E-state index contributed by atoms with van der Waals surface area (Å²) in [5.41, 5.74) is 7.35. The Morgan fingerprint density at radius 2 is 2.19 bits per heavy atom. The van der Waals surface area contributed by atoms with E-state index in [4.69, 9.17) is 10.5 Å². The highest BCUT2D eigenvalue weighted by molar-refractivity contribution is 9.10. The molecule has 1 aliphatic heterocycles. The van der Waals surface area contributed by atoms with Crippen LogP contribution in [0.4, 0.5) is 0 Å². The fourth-order valence-corrected chi connectivity index (χ4v) is 3.06. The Hall–Kier alpha value is -0.540. The fraction of sp³-hybridized carbons (Fsp3) is 0.538. The minimum absolute atomic E-state index is 0.0414. The molecule has 1 aliphatic carbocycles. The van der Waals surface area contributed by atoms with Gasteiger partial charge in [-0.05, 0) is 43.9 Å². The van der Waals surface area contributed by atoms with E-state index >= 15 is 0 Å². The maximum Gasteiger partial charge on any atom is 0.124 e. The Bertz CT molecular complexity index is 430. The quantitative estimate of drug-likeness (QED) is 0.856. The van der Waals surface area contributed by atoms with Crippen molar-refractivity contribution in [3.63, 3.8) is 0 Å². The van der Waals surface area contributed by atoms with Gasteiger partial charge in [0.25, 0.3) is 0 Å². The molecule has 0 bridgehead atoms. The molecule has 3 rings (SSSR count). The summed E-state index contributed by atoms with van der Waals surface area (Å²) in [5, 5.41) is 0. The van der Waals surface area contributed by atoms with Gasteiger partial charge in [-0.2, -0.15) is 0 Å². The monoisotopic (exact) mass is 281 g/mol. The van der Waals surface area contributed by atoms with E-state index in [1.807, 2.05) is 12.1 Å². The van der Waals surface area contributed by atoms with Crippen LogP contribution in [0.25, 0.3) is 0 Å². The molecule has 1 unspecified atom stereocenters. The SMILES string of the molecule is CC1(C2CC2)C[C@@H](N)c2cc(Br)ccc2O1. The summed E-state index contributed by atoms with van der Waals surface area (Å²) < 4.78 is 7.24. The zero-order chi connectivity index (χ0) is 11.3. The van der Waals surface area contributed by atoms with Gasteiger partial charge < -0.3 is 10.5 Å². The van der Waals surface area contributed by atoms with E-state index in [1.54, 1.807) is 0 Å². The smallest absolute Gasteiger partial charge is 0.124 e. The van der Waals surface area contributed by atoms with Crippen molar-refractivity contribution < 1.29 is 4.74 Å². The Morgan fingerprint density at radius 1 is 1.44 bits per heavy atom. The van der Waals surface area contributed by atoms with Gasteiger partial charge in [0, 0.05) is 22.5 Å². The molecular formula is C13H16BrNO. The average Bonchev–Trinajstić information content (AvgIpc) is 3.03. The third-order valence-electron chi connectivity index (χ3n) is 3.78. The third-order valence-corrected chi connectivity index (χ3v) is 4.27. The van der Waals surface area contributed by atoms with Crippen LogP contribution in [0.1, 0.15) is 37.8 Å². The molecule has 2 N–H and O–H groups in total. The number of halogens is 1. The number of hydrogen-bond donors (Lipinski definition) is 1. The van der Waals surface area contributed by atoms with Crippen molar-refractivity contribution in [1.82, 2.24) is 0 Å². The minimum Gasteiger partial charge on any atom is -0.487 e. The molecule has 2 aliphatic rings. The molecule has 0 spiro atoms. The van der Waals surface area contributed by atoms with E-state index < -0.39 is 0 Å². The Morgan fingerprint density at radius 3 is 2.88 bits per heavy atom. The number of rotatable bonds is 1. The zero-order valence-corrected chi connectivity index (χ0v) is 11.0. The predicted octanol–water partition coefficient (Wildman–Crippen LogP) is 3.40. The first kappa shape index (κ1) is 10.6. The number of fused-ring (bicyclic) bond motifs is 1. The van der Waals surface area contributed by atoms with Gasteiger partial charge >= 0.3 is 0 Å². The minimum atomic E-state index is -0.0414. The van der Waals surface area contributed by atoms with Crippen LogP contribution in [-0.4, -0.2) is 5.60 Å². The van der Waals surface area contributed by atoms with Gasteiger partial charge in [-0.25, -0.2) is 0 Å². The molecule has 16 heavy (non-hydrogen) atoms. The van der Waals surface area contributed by atoms with Crippen LogP contribution in [0.15, 0.2) is 22.7 Å². The molecule has 86 valence electrons. The first-order valence-electron chi connectivity index (χ1n) is 5.82. The summed E-state index contributed by atoms with van der Waals surface area (Å²) >= 11 is 3.48. The van der Waals surface area contributed by atoms with Crippen LogP contribution in [0.2, 0.25) is 0 Å². The van der Waals surface area contributed by atoms with Crippen LogP contribution < -0.4 is 10.5 Å². The van der Waals surface area contributed by atoms with Crippen molar-refractivity contribution in [3.05, 3.63) is 28.2 Å². The Labute approximate surface area is 104 Å². The summed E-state index contributed by atoms with van der Waals surface area (Å²) in [6.07, 6.45) is 3.51. The van der Waals surface area contributed by atoms with Crippen molar-refractivity contribution in [2.24, 2.45) is 11.7 Å². The summed E-state index contributed by atoms with van der Waals surface area (Å²) in [5.74, 6) is 1.67. The molecule has 1 aromatic rings. The summed E-state index contributed by atoms with van der Waals surface area (Å²) in [7, 11) is 0. The van der Waals surface area contributed by atoms with Gasteiger partial charge in [0.15, 0.2) is 0 Å². The van der Waals surface area contributed by atoms with Crippen molar-refractivity contribution in [1.29, 1.82) is 0 Å². The lowest BCUT2D eigenvalue weighted by atomic mass is 9.85. The normalized spacial score (nSPS) is 33.1. The first-order valence-corrected chi connectivity index (χ1v) is 6.62. The molecule has 1 aromatic carbocycles. The van der Waals surface area contributed by atoms with Crippen LogP contribution in [0.3, 0.4) is 0 Å². The van der Waals surface area contributed by atoms with Crippen molar-refractivity contribution in [2.75, 3.05) is 0 Å². The number of nitrogens with two attached hydrogens (primary N) is 1. The van der Waals surface area contributed by atoms with Crippen LogP contribution in [0.5, 0.6) is 5.75 Å². The fourth-order valence-electron chi connectivity index (χ4n) is 2.69. The molecule has 2 atom stereocenters. The van der Waals surface area contributed by atoms with Crippen molar-refractivity contribution >= 4 is 15.9 Å². The van der Waals surface area contributed by atoms with Gasteiger partial charge in [0.2, 0.25) is 0 Å². The highest BCUT2D eigenvalue weighted by atomic mass is 79.9. The predicted molar refractivity (Wildman–Crippen MR) is 67.4 cm³/mol. The van der Waals surface area contributed by atoms with Crippen LogP contribution >= 0.6 is 15.9 Å². The van der Waals surface area contributed by atoms with E-state index in [9.17, 15) is 0 Å². The van der Waals surface area contributed by atoms with E-state index in [-0.39, 0.29) is 11.6 Å². The van der Waals surface area contributed by atoms with E-state index in [2.05, 4.69) is 28.9 Å². The summed E-state index contributed by atoms with van der Waals surface area (Å²) in [6.45, 7) is 2.20. The Balaban J connectivity index is 1.99. The molecule has 3 heteroatoms. The van der Waals surface area contributed by atoms with Gasteiger partial charge in [-0.3, -0.25) is 0 Å². The van der Waals surface area contributed by atoms with Gasteiger partial charge in [-0.1, -0.05) is 15.9 Å². The Kier molecular flexibility index (Phi) is 2.30. The second-order valence-electron chi connectivity index (χ2n) is 5.18. The highest BCUT2D eigenvalue weighted by Gasteiger charge is 2.47. The van der Waals surface area contributed by atoms with Crippen molar-refractivity contribution in [3.8, 4) is 5.75 Å². The molecule has 0 aromatic heterocycles. The third kappa shape index (κ3) is 1.66. The average molecular weight is 282 g/mol. The van der Waals surface area contributed by atoms with Gasteiger partial charge in [-0.15, -0.1) is 0 Å². The lowest BCUT2D eigenvalue weighted by Gasteiger charge is -2.39. The van der Waals surface area contributed by atoms with E-state index in [1.165, 1.54) is 12.8 Å². The van der Waals surface area contributed by atoms with Crippen LogP contribution in [-0.2, 0) is 0 Å². The molecule has 0 amide bonds. The zero-order valence-electron chi connectivity index (χ0n) is 9.37. The number of benzene rings is 1. The second-order valence-corrected chi connectivity index (χ2v) is 6.10. The molecular weight excluding hydrogens is 266 g/mol. The highest BCUT2D eigenvalue weighted by Crippen LogP contribution is 2.50. The summed E-state index contributed by atoms with van der Waals surface area (Å²) in [6, 6.07) is 6.22. The molecule has 1 fully saturated rings. The molecule has 1 saturated carbocycles. The maximum atomic E-state index is 6.26. The molecule has 2 nitrogen and oxygen atoms in total.